The third-order valence-corrected chi connectivity index (χ3v) is 6.99. The molecule has 188 valence electrons. The van der Waals surface area contributed by atoms with Gasteiger partial charge >= 0.3 is 0 Å². The van der Waals surface area contributed by atoms with E-state index in [2.05, 4.69) is 11.0 Å². The van der Waals surface area contributed by atoms with Gasteiger partial charge in [-0.15, -0.1) is 0 Å². The maximum absolute atomic E-state index is 13.4. The minimum Gasteiger partial charge on any atom is -0.490 e. The van der Waals surface area contributed by atoms with Crippen LogP contribution in [0, 0.1) is 11.8 Å². The molecular weight excluding hydrogens is 434 g/mol. The van der Waals surface area contributed by atoms with Crippen LogP contribution in [0.3, 0.4) is 0 Å². The Labute approximate surface area is 203 Å². The minimum atomic E-state index is -0.106. The number of carbonyl (C=O) groups excluding carboxylic acids is 2. The van der Waals surface area contributed by atoms with E-state index in [1.165, 1.54) is 0 Å². The normalized spacial score (nSPS) is 22.5. The molecular formula is C26H39N3O5. The first-order valence-electron chi connectivity index (χ1n) is 12.7. The fourth-order valence-electron chi connectivity index (χ4n) is 5.11. The van der Waals surface area contributed by atoms with Crippen molar-refractivity contribution in [1.29, 1.82) is 0 Å². The molecule has 34 heavy (non-hydrogen) atoms. The SMILES string of the molecule is CCOc1cccc2c1OCCOCCN(C(=O)C1CN(C(=O)C(C)C)C1)C[C@@H]1CCCN1C2. The van der Waals surface area contributed by atoms with Gasteiger partial charge in [-0.05, 0) is 32.4 Å². The predicted molar refractivity (Wildman–Crippen MR) is 129 cm³/mol. The van der Waals surface area contributed by atoms with E-state index >= 15 is 0 Å². The number of likely N-dealkylation sites (tertiary alicyclic amines) is 1. The zero-order chi connectivity index (χ0) is 24.1. The Kier molecular flexibility index (Phi) is 8.32. The van der Waals surface area contributed by atoms with Crippen LogP contribution in [0.1, 0.15) is 39.2 Å². The number of hydrogen-bond donors (Lipinski definition) is 0. The molecule has 0 radical (unpaired) electrons. The molecule has 2 fully saturated rings. The average Bonchev–Trinajstić information content (AvgIpc) is 3.21. The molecule has 8 nitrogen and oxygen atoms in total. The number of benzene rings is 1. The molecule has 0 N–H and O–H groups in total. The van der Waals surface area contributed by atoms with E-state index in [1.54, 1.807) is 4.90 Å². The highest BCUT2D eigenvalue weighted by Gasteiger charge is 2.39. The standard InChI is InChI=1S/C26H39N3O5/c1-4-33-23-9-5-7-20-15-27-10-6-8-22(27)18-28(11-12-32-13-14-34-24(20)23)26(31)21-16-29(17-21)25(30)19(2)3/h5,7,9,19,21-22H,4,6,8,10-18H2,1-3H3/t22-/m0/s1. The molecule has 2 saturated heterocycles. The molecule has 2 amide bonds. The van der Waals surface area contributed by atoms with Crippen LogP contribution in [0.15, 0.2) is 18.2 Å². The van der Waals surface area contributed by atoms with E-state index in [0.29, 0.717) is 58.6 Å². The van der Waals surface area contributed by atoms with Crippen molar-refractivity contribution in [2.45, 2.75) is 46.2 Å². The van der Waals surface area contributed by atoms with Crippen LogP contribution in [0.5, 0.6) is 11.5 Å². The molecule has 3 aliphatic rings. The van der Waals surface area contributed by atoms with E-state index in [4.69, 9.17) is 14.2 Å². The second-order valence-electron chi connectivity index (χ2n) is 9.78. The molecule has 0 saturated carbocycles. The number of carbonyl (C=O) groups is 2. The van der Waals surface area contributed by atoms with Gasteiger partial charge < -0.3 is 24.0 Å². The van der Waals surface area contributed by atoms with Crippen LogP contribution in [-0.2, 0) is 20.9 Å². The highest BCUT2D eigenvalue weighted by atomic mass is 16.5. The number of nitrogens with zero attached hydrogens (tertiary/aromatic N) is 3. The van der Waals surface area contributed by atoms with Crippen molar-refractivity contribution in [3.8, 4) is 11.5 Å². The molecule has 1 aromatic rings. The largest absolute Gasteiger partial charge is 0.490 e. The topological polar surface area (TPSA) is 71.5 Å². The van der Waals surface area contributed by atoms with Crippen LogP contribution in [-0.4, -0.2) is 91.7 Å². The molecule has 0 unspecified atom stereocenters. The van der Waals surface area contributed by atoms with Crippen LogP contribution in [0.25, 0.3) is 0 Å². The van der Waals surface area contributed by atoms with Crippen molar-refractivity contribution in [2.24, 2.45) is 11.8 Å². The minimum absolute atomic E-state index is 0.0320. The maximum Gasteiger partial charge on any atom is 0.229 e. The lowest BCUT2D eigenvalue weighted by Gasteiger charge is -2.42. The first kappa shape index (κ1) is 24.8. The Balaban J connectivity index is 1.47. The molecule has 0 aromatic heterocycles. The lowest BCUT2D eigenvalue weighted by Crippen LogP contribution is -2.58. The summed E-state index contributed by atoms with van der Waals surface area (Å²) in [4.78, 5) is 31.8. The Morgan fingerprint density at radius 3 is 2.68 bits per heavy atom. The second-order valence-corrected chi connectivity index (χ2v) is 9.78. The third kappa shape index (κ3) is 5.66. The highest BCUT2D eigenvalue weighted by molar-refractivity contribution is 5.85. The van der Waals surface area contributed by atoms with Gasteiger partial charge in [0, 0.05) is 50.2 Å². The van der Waals surface area contributed by atoms with E-state index < -0.39 is 0 Å². The Morgan fingerprint density at radius 1 is 1.09 bits per heavy atom. The number of rotatable bonds is 4. The number of amides is 2. The molecule has 1 atom stereocenters. The molecule has 0 spiro atoms. The zero-order valence-electron chi connectivity index (χ0n) is 20.8. The maximum atomic E-state index is 13.4. The van der Waals surface area contributed by atoms with Gasteiger partial charge in [0.05, 0.1) is 25.7 Å². The molecule has 4 rings (SSSR count). The fraction of sp³-hybridized carbons (Fsp3) is 0.692. The fourth-order valence-corrected chi connectivity index (χ4v) is 5.11. The Morgan fingerprint density at radius 2 is 1.91 bits per heavy atom. The van der Waals surface area contributed by atoms with Crippen LogP contribution < -0.4 is 9.47 Å². The number of hydrogen-bond acceptors (Lipinski definition) is 6. The van der Waals surface area contributed by atoms with Gasteiger partial charge in [0.1, 0.15) is 6.61 Å². The highest BCUT2D eigenvalue weighted by Crippen LogP contribution is 2.34. The Hall–Kier alpha value is -2.32. The van der Waals surface area contributed by atoms with Crippen molar-refractivity contribution in [2.75, 3.05) is 59.2 Å². The Bertz CT molecular complexity index is 855. The van der Waals surface area contributed by atoms with Crippen LogP contribution in [0.4, 0.5) is 0 Å². The predicted octanol–water partition coefficient (Wildman–Crippen LogP) is 2.40. The number of para-hydroxylation sites is 1. The summed E-state index contributed by atoms with van der Waals surface area (Å²) >= 11 is 0. The average molecular weight is 474 g/mol. The van der Waals surface area contributed by atoms with Gasteiger partial charge in [-0.1, -0.05) is 26.0 Å². The third-order valence-electron chi connectivity index (χ3n) is 6.99. The summed E-state index contributed by atoms with van der Waals surface area (Å²) in [5.41, 5.74) is 1.11. The van der Waals surface area contributed by atoms with E-state index in [9.17, 15) is 9.59 Å². The second kappa shape index (κ2) is 11.4. The molecule has 0 aliphatic carbocycles. The van der Waals surface area contributed by atoms with Gasteiger partial charge in [0.25, 0.3) is 0 Å². The van der Waals surface area contributed by atoms with Crippen LogP contribution >= 0.6 is 0 Å². The van der Waals surface area contributed by atoms with Crippen molar-refractivity contribution in [3.63, 3.8) is 0 Å². The first-order valence-corrected chi connectivity index (χ1v) is 12.7. The quantitative estimate of drug-likeness (QED) is 0.669. The summed E-state index contributed by atoms with van der Waals surface area (Å²) in [5, 5.41) is 0. The molecule has 0 bridgehead atoms. The summed E-state index contributed by atoms with van der Waals surface area (Å²) in [6.45, 7) is 11.8. The number of fused-ring (bicyclic) bond motifs is 2. The van der Waals surface area contributed by atoms with Gasteiger partial charge in [-0.2, -0.15) is 0 Å². The summed E-state index contributed by atoms with van der Waals surface area (Å²) in [7, 11) is 0. The van der Waals surface area contributed by atoms with Crippen LogP contribution in [0.2, 0.25) is 0 Å². The van der Waals surface area contributed by atoms with Gasteiger partial charge in [-0.3, -0.25) is 14.5 Å². The van der Waals surface area contributed by atoms with Crippen molar-refractivity contribution < 1.29 is 23.8 Å². The van der Waals surface area contributed by atoms with Crippen molar-refractivity contribution >= 4 is 11.8 Å². The van der Waals surface area contributed by atoms with Gasteiger partial charge in [-0.25, -0.2) is 0 Å². The van der Waals surface area contributed by atoms with E-state index in [1.807, 2.05) is 37.8 Å². The molecule has 3 heterocycles. The van der Waals surface area contributed by atoms with Crippen molar-refractivity contribution in [1.82, 2.24) is 14.7 Å². The lowest BCUT2D eigenvalue weighted by molar-refractivity contribution is -0.151. The smallest absolute Gasteiger partial charge is 0.229 e. The van der Waals surface area contributed by atoms with Crippen molar-refractivity contribution in [3.05, 3.63) is 23.8 Å². The molecule has 1 aromatic carbocycles. The summed E-state index contributed by atoms with van der Waals surface area (Å²) in [5.74, 6) is 1.71. The summed E-state index contributed by atoms with van der Waals surface area (Å²) < 4.78 is 17.8. The first-order chi connectivity index (χ1) is 16.5. The number of ether oxygens (including phenoxy) is 3. The zero-order valence-corrected chi connectivity index (χ0v) is 20.8. The van der Waals surface area contributed by atoms with Gasteiger partial charge in [0.15, 0.2) is 11.5 Å². The lowest BCUT2D eigenvalue weighted by atomic mass is 9.96. The monoisotopic (exact) mass is 473 g/mol. The van der Waals surface area contributed by atoms with E-state index in [0.717, 1.165) is 43.0 Å². The molecule has 8 heteroatoms. The molecule has 3 aliphatic heterocycles. The summed E-state index contributed by atoms with van der Waals surface area (Å²) in [6.07, 6.45) is 2.18. The van der Waals surface area contributed by atoms with Gasteiger partial charge in [0.2, 0.25) is 11.8 Å². The summed E-state index contributed by atoms with van der Waals surface area (Å²) in [6, 6.07) is 6.37. The van der Waals surface area contributed by atoms with E-state index in [-0.39, 0.29) is 23.7 Å².